The summed E-state index contributed by atoms with van der Waals surface area (Å²) >= 11 is 0. The van der Waals surface area contributed by atoms with E-state index < -0.39 is 18.0 Å². The second-order valence-corrected chi connectivity index (χ2v) is 8.50. The molecule has 2 saturated heterocycles. The Morgan fingerprint density at radius 1 is 1.18 bits per heavy atom. The van der Waals surface area contributed by atoms with Gasteiger partial charge in [-0.05, 0) is 37.5 Å². The number of fused-ring (bicyclic) bond motifs is 1. The molecule has 174 valence electrons. The largest absolute Gasteiger partial charge is 0.465 e. The van der Waals surface area contributed by atoms with Gasteiger partial charge in [0.25, 0.3) is 0 Å². The predicted molar refractivity (Wildman–Crippen MR) is 121 cm³/mol. The van der Waals surface area contributed by atoms with Crippen LogP contribution in [0.2, 0.25) is 0 Å². The molecule has 1 aromatic heterocycles. The van der Waals surface area contributed by atoms with Crippen LogP contribution in [0.1, 0.15) is 43.7 Å². The fourth-order valence-electron chi connectivity index (χ4n) is 4.53. The normalized spacial score (nSPS) is 19.7. The quantitative estimate of drug-likeness (QED) is 0.464. The number of aromatic nitrogens is 2. The summed E-state index contributed by atoms with van der Waals surface area (Å²) in [6.07, 6.45) is 1.82. The topological polar surface area (TPSA) is 126 Å². The monoisotopic (exact) mass is 453 g/mol. The fourth-order valence-corrected chi connectivity index (χ4v) is 4.53. The highest BCUT2D eigenvalue weighted by atomic mass is 16.4. The molecule has 2 aliphatic rings. The van der Waals surface area contributed by atoms with E-state index >= 15 is 0 Å². The van der Waals surface area contributed by atoms with E-state index in [-0.39, 0.29) is 24.1 Å². The van der Waals surface area contributed by atoms with Crippen molar-refractivity contribution in [2.45, 2.75) is 44.2 Å². The van der Waals surface area contributed by atoms with Crippen LogP contribution in [0, 0.1) is 11.8 Å². The van der Waals surface area contributed by atoms with Crippen molar-refractivity contribution in [2.75, 3.05) is 19.6 Å². The van der Waals surface area contributed by atoms with Crippen LogP contribution < -0.4 is 16.3 Å². The van der Waals surface area contributed by atoms with Crippen molar-refractivity contribution in [3.63, 3.8) is 0 Å². The Balaban J connectivity index is 1.42. The molecule has 3 heterocycles. The maximum Gasteiger partial charge on any atom is 0.404 e. The molecule has 2 aromatic rings. The lowest BCUT2D eigenvalue weighted by Crippen LogP contribution is -2.44. The lowest BCUT2D eigenvalue weighted by atomic mass is 10.1. The number of hydrogen-bond acceptors (Lipinski definition) is 5. The highest BCUT2D eigenvalue weighted by Gasteiger charge is 2.31. The maximum absolute atomic E-state index is 12.8. The summed E-state index contributed by atoms with van der Waals surface area (Å²) in [4.78, 5) is 49.6. The van der Waals surface area contributed by atoms with Gasteiger partial charge in [-0.15, -0.1) is 0 Å². The van der Waals surface area contributed by atoms with Crippen LogP contribution in [-0.4, -0.2) is 62.7 Å². The van der Waals surface area contributed by atoms with Gasteiger partial charge in [0, 0.05) is 51.1 Å². The van der Waals surface area contributed by atoms with Crippen LogP contribution in [0.15, 0.2) is 23.0 Å². The zero-order chi connectivity index (χ0) is 23.5. The van der Waals surface area contributed by atoms with Gasteiger partial charge < -0.3 is 15.3 Å². The smallest absolute Gasteiger partial charge is 0.404 e. The molecule has 2 aliphatic heterocycles. The lowest BCUT2D eigenvalue weighted by Gasteiger charge is -2.31. The SMILES string of the molecule is Cn1c(=O)n(C2CCC(=O)NC2=O)c2ccc(C#CCCN3CCC(NC(=O)O)CC3)cc21. The van der Waals surface area contributed by atoms with E-state index in [9.17, 15) is 19.2 Å². The van der Waals surface area contributed by atoms with Crippen LogP contribution in [0.3, 0.4) is 0 Å². The number of hydrogen-bond donors (Lipinski definition) is 3. The van der Waals surface area contributed by atoms with E-state index in [0.29, 0.717) is 23.9 Å². The molecule has 3 N–H and O–H groups in total. The third-order valence-corrected chi connectivity index (χ3v) is 6.31. The van der Waals surface area contributed by atoms with Gasteiger partial charge in [-0.2, -0.15) is 0 Å². The van der Waals surface area contributed by atoms with Crippen LogP contribution in [-0.2, 0) is 16.6 Å². The van der Waals surface area contributed by atoms with Gasteiger partial charge in [0.15, 0.2) is 0 Å². The lowest BCUT2D eigenvalue weighted by molar-refractivity contribution is -0.135. The summed E-state index contributed by atoms with van der Waals surface area (Å²) < 4.78 is 2.96. The third-order valence-electron chi connectivity index (χ3n) is 6.31. The molecule has 1 unspecified atom stereocenters. The van der Waals surface area contributed by atoms with Crippen LogP contribution in [0.25, 0.3) is 11.0 Å². The molecule has 0 radical (unpaired) electrons. The Morgan fingerprint density at radius 2 is 1.94 bits per heavy atom. The fraction of sp³-hybridized carbons (Fsp3) is 0.478. The molecule has 1 atom stereocenters. The number of benzene rings is 1. The van der Waals surface area contributed by atoms with Crippen molar-refractivity contribution in [3.05, 3.63) is 34.2 Å². The molecular weight excluding hydrogens is 426 g/mol. The minimum Gasteiger partial charge on any atom is -0.465 e. The summed E-state index contributed by atoms with van der Waals surface area (Å²) in [5, 5.41) is 13.7. The zero-order valence-corrected chi connectivity index (χ0v) is 18.5. The molecule has 10 heteroatoms. The number of imide groups is 1. The molecule has 2 fully saturated rings. The Kier molecular flexibility index (Phi) is 6.51. The van der Waals surface area contributed by atoms with Gasteiger partial charge in [-0.25, -0.2) is 9.59 Å². The molecule has 0 bridgehead atoms. The average Bonchev–Trinajstić information content (AvgIpc) is 3.02. The number of aryl methyl sites for hydroxylation is 1. The summed E-state index contributed by atoms with van der Waals surface area (Å²) in [6, 6.07) is 4.79. The second kappa shape index (κ2) is 9.50. The van der Waals surface area contributed by atoms with Crippen LogP contribution >= 0.6 is 0 Å². The zero-order valence-electron chi connectivity index (χ0n) is 18.5. The van der Waals surface area contributed by atoms with Crippen LogP contribution in [0.5, 0.6) is 0 Å². The van der Waals surface area contributed by atoms with E-state index in [2.05, 4.69) is 27.4 Å². The number of nitrogens with zero attached hydrogens (tertiary/aromatic N) is 3. The molecule has 1 aromatic carbocycles. The van der Waals surface area contributed by atoms with Crippen molar-refractivity contribution in [1.29, 1.82) is 0 Å². The van der Waals surface area contributed by atoms with Gasteiger partial charge in [-0.3, -0.25) is 24.0 Å². The first-order valence-electron chi connectivity index (χ1n) is 11.1. The highest BCUT2D eigenvalue weighted by molar-refractivity contribution is 6.00. The summed E-state index contributed by atoms with van der Waals surface area (Å²) in [6.45, 7) is 2.50. The van der Waals surface area contributed by atoms with Gasteiger partial charge >= 0.3 is 11.8 Å². The minimum absolute atomic E-state index is 0.0238. The van der Waals surface area contributed by atoms with Gasteiger partial charge in [0.05, 0.1) is 11.0 Å². The number of amides is 3. The van der Waals surface area contributed by atoms with Gasteiger partial charge in [0.1, 0.15) is 6.04 Å². The first-order valence-corrected chi connectivity index (χ1v) is 11.1. The molecule has 33 heavy (non-hydrogen) atoms. The van der Waals surface area contributed by atoms with Crippen molar-refractivity contribution < 1.29 is 19.5 Å². The van der Waals surface area contributed by atoms with Crippen molar-refractivity contribution in [3.8, 4) is 11.8 Å². The first-order chi connectivity index (χ1) is 15.8. The number of nitrogens with one attached hydrogen (secondary N) is 2. The maximum atomic E-state index is 12.8. The number of piperidine rings is 2. The number of rotatable bonds is 4. The molecule has 0 aliphatic carbocycles. The van der Waals surface area contributed by atoms with E-state index in [1.54, 1.807) is 13.1 Å². The Hall–Kier alpha value is -3.58. The predicted octanol–water partition coefficient (Wildman–Crippen LogP) is 0.791. The van der Waals surface area contributed by atoms with Crippen molar-refractivity contribution in [2.24, 2.45) is 7.05 Å². The Labute approximate surface area is 190 Å². The summed E-state index contributed by atoms with van der Waals surface area (Å²) in [7, 11) is 1.66. The van der Waals surface area contributed by atoms with Crippen molar-refractivity contribution in [1.82, 2.24) is 24.7 Å². The number of carbonyl (C=O) groups excluding carboxylic acids is 2. The standard InChI is InChI=1S/C23H27N5O5/c1-26-19-14-15(4-2-3-11-27-12-9-16(10-13-27)24-22(31)32)5-6-17(19)28(23(26)33)18-7-8-20(29)25-21(18)30/h5-6,14,16,18,24H,3,7-13H2,1H3,(H,31,32)(H,25,29,30). The molecule has 4 rings (SSSR count). The van der Waals surface area contributed by atoms with Gasteiger partial charge in [-0.1, -0.05) is 11.8 Å². The van der Waals surface area contributed by atoms with Crippen molar-refractivity contribution >= 4 is 28.9 Å². The number of carboxylic acid groups (broad SMARTS) is 1. The Morgan fingerprint density at radius 3 is 2.64 bits per heavy atom. The molecule has 0 spiro atoms. The van der Waals surface area contributed by atoms with E-state index in [1.807, 2.05) is 12.1 Å². The van der Waals surface area contributed by atoms with E-state index in [1.165, 1.54) is 9.13 Å². The number of carbonyl (C=O) groups is 3. The second-order valence-electron chi connectivity index (χ2n) is 8.50. The molecule has 0 saturated carbocycles. The summed E-state index contributed by atoms with van der Waals surface area (Å²) in [5.74, 6) is 5.55. The molecular formula is C23H27N5O5. The van der Waals surface area contributed by atoms with Gasteiger partial charge in [0.2, 0.25) is 11.8 Å². The van der Waals surface area contributed by atoms with E-state index in [4.69, 9.17) is 5.11 Å². The minimum atomic E-state index is -0.971. The van der Waals surface area contributed by atoms with Crippen LogP contribution in [0.4, 0.5) is 4.79 Å². The third kappa shape index (κ3) is 4.93. The number of imidazole rings is 1. The average molecular weight is 453 g/mol. The Bertz CT molecular complexity index is 1210. The number of likely N-dealkylation sites (tertiary alicyclic amines) is 1. The molecule has 3 amide bonds. The molecule has 10 nitrogen and oxygen atoms in total. The van der Waals surface area contributed by atoms with E-state index in [0.717, 1.165) is 38.0 Å². The first kappa shape index (κ1) is 22.6. The highest BCUT2D eigenvalue weighted by Crippen LogP contribution is 2.23. The summed E-state index contributed by atoms with van der Waals surface area (Å²) in [5.41, 5.74) is 1.80.